The molecule has 1 aromatic carbocycles. The first-order chi connectivity index (χ1) is 15.8. The first kappa shape index (κ1) is 22.5. The summed E-state index contributed by atoms with van der Waals surface area (Å²) in [4.78, 5) is 19.2. The molecule has 0 unspecified atom stereocenters. The van der Waals surface area contributed by atoms with E-state index < -0.39 is 5.60 Å². The summed E-state index contributed by atoms with van der Waals surface area (Å²) in [6.45, 7) is 8.10. The van der Waals surface area contributed by atoms with E-state index in [2.05, 4.69) is 46.4 Å². The Morgan fingerprint density at radius 1 is 1.27 bits per heavy atom. The van der Waals surface area contributed by atoms with Gasteiger partial charge in [0.05, 0.1) is 24.4 Å². The lowest BCUT2D eigenvalue weighted by Gasteiger charge is -2.57. The van der Waals surface area contributed by atoms with Crippen molar-refractivity contribution in [2.45, 2.75) is 56.3 Å². The second kappa shape index (κ2) is 8.47. The van der Waals surface area contributed by atoms with Crippen LogP contribution in [0.15, 0.2) is 48.8 Å². The van der Waals surface area contributed by atoms with Crippen molar-refractivity contribution in [3.05, 3.63) is 65.5 Å². The summed E-state index contributed by atoms with van der Waals surface area (Å²) in [6.07, 6.45) is 4.20. The zero-order valence-corrected chi connectivity index (χ0v) is 19.4. The van der Waals surface area contributed by atoms with Gasteiger partial charge in [-0.15, -0.1) is 0 Å². The third-order valence-electron chi connectivity index (χ3n) is 7.91. The number of likely N-dealkylation sites (tertiary alicyclic amines) is 1. The molecular weight excluding hydrogens is 416 g/mol. The summed E-state index contributed by atoms with van der Waals surface area (Å²) in [5.74, 6) is -0.294. The number of rotatable bonds is 5. The van der Waals surface area contributed by atoms with Gasteiger partial charge in [0.1, 0.15) is 0 Å². The number of carbonyl (C=O) groups is 1. The average Bonchev–Trinajstić information content (AvgIpc) is 2.74. The Morgan fingerprint density at radius 2 is 2.00 bits per heavy atom. The fourth-order valence-electron chi connectivity index (χ4n) is 5.73. The van der Waals surface area contributed by atoms with Crippen LogP contribution in [0.4, 0.5) is 0 Å². The Bertz CT molecular complexity index is 982. The van der Waals surface area contributed by atoms with Crippen molar-refractivity contribution in [2.24, 2.45) is 11.1 Å². The van der Waals surface area contributed by atoms with Crippen LogP contribution in [-0.4, -0.2) is 64.9 Å². The van der Waals surface area contributed by atoms with Gasteiger partial charge in [-0.3, -0.25) is 14.7 Å². The van der Waals surface area contributed by atoms with Gasteiger partial charge in [-0.2, -0.15) is 0 Å². The summed E-state index contributed by atoms with van der Waals surface area (Å²) in [5.41, 5.74) is 8.72. The molecule has 0 bridgehead atoms. The Hall–Kier alpha value is -2.32. The first-order valence-corrected chi connectivity index (χ1v) is 11.9. The fraction of sp³-hybridized carbons (Fsp3) is 0.538. The molecule has 5 atom stereocenters. The quantitative estimate of drug-likeness (QED) is 0.646. The van der Waals surface area contributed by atoms with E-state index in [0.717, 1.165) is 31.9 Å². The Labute approximate surface area is 195 Å². The number of hydrogen-bond acceptors (Lipinski definition) is 6. The van der Waals surface area contributed by atoms with Crippen LogP contribution in [0.25, 0.3) is 0 Å². The van der Waals surface area contributed by atoms with E-state index in [1.54, 1.807) is 24.5 Å². The van der Waals surface area contributed by atoms with Crippen molar-refractivity contribution < 1.29 is 14.6 Å². The van der Waals surface area contributed by atoms with Crippen molar-refractivity contribution in [1.29, 1.82) is 0 Å². The summed E-state index contributed by atoms with van der Waals surface area (Å²) < 4.78 is 5.39. The van der Waals surface area contributed by atoms with E-state index in [9.17, 15) is 9.90 Å². The highest BCUT2D eigenvalue weighted by Crippen LogP contribution is 2.43. The first-order valence-electron chi connectivity index (χ1n) is 11.9. The Morgan fingerprint density at radius 3 is 2.61 bits per heavy atom. The van der Waals surface area contributed by atoms with Crippen LogP contribution in [0.1, 0.15) is 60.1 Å². The molecule has 0 radical (unpaired) electrons. The molecule has 2 aromatic rings. The maximum atomic E-state index is 12.7. The van der Waals surface area contributed by atoms with Gasteiger partial charge in [-0.05, 0) is 49.9 Å². The van der Waals surface area contributed by atoms with Gasteiger partial charge in [-0.1, -0.05) is 24.3 Å². The second-order valence-electron chi connectivity index (χ2n) is 10.6. The minimum Gasteiger partial charge on any atom is -0.389 e. The van der Waals surface area contributed by atoms with E-state index in [1.807, 2.05) is 6.92 Å². The van der Waals surface area contributed by atoms with Crippen LogP contribution in [0.5, 0.6) is 0 Å². The minimum atomic E-state index is -0.934. The molecule has 1 amide bonds. The standard InChI is InChI=1S/C26H34N4O3/c1-17(30-13-26(14-30)15-33-16-26)18-5-7-19(8-6-18)21-10-23(22(27)11-25(21,2)32)29-24(31)20-4-3-9-28-12-20/h3-9,12,17,21-23,32H,10-11,13-16,27H2,1-2H3,(H,29,31)/t17-,21-,22-,23-,25-/m1/s1. The molecule has 3 aliphatic rings. The van der Waals surface area contributed by atoms with Crippen LogP contribution in [0, 0.1) is 5.41 Å². The third kappa shape index (κ3) is 4.30. The van der Waals surface area contributed by atoms with Crippen LogP contribution in [0.3, 0.4) is 0 Å². The highest BCUT2D eigenvalue weighted by molar-refractivity contribution is 5.94. The van der Waals surface area contributed by atoms with Crippen molar-refractivity contribution >= 4 is 5.91 Å². The predicted molar refractivity (Wildman–Crippen MR) is 126 cm³/mol. The van der Waals surface area contributed by atoms with Crippen molar-refractivity contribution in [3.63, 3.8) is 0 Å². The fourth-order valence-corrected chi connectivity index (χ4v) is 5.73. The number of pyridine rings is 1. The smallest absolute Gasteiger partial charge is 0.253 e. The number of nitrogens with two attached hydrogens (primary N) is 1. The molecule has 33 heavy (non-hydrogen) atoms. The maximum absolute atomic E-state index is 12.7. The number of aromatic nitrogens is 1. The molecule has 2 aliphatic heterocycles. The molecule has 1 spiro atoms. The lowest BCUT2D eigenvalue weighted by Crippen LogP contribution is -2.66. The topological polar surface area (TPSA) is 101 Å². The van der Waals surface area contributed by atoms with Gasteiger partial charge in [0.2, 0.25) is 0 Å². The van der Waals surface area contributed by atoms with Gasteiger partial charge < -0.3 is 20.9 Å². The van der Waals surface area contributed by atoms with Crippen molar-refractivity contribution in [3.8, 4) is 0 Å². The van der Waals surface area contributed by atoms with Gasteiger partial charge in [0.15, 0.2) is 0 Å². The highest BCUT2D eigenvalue weighted by Gasteiger charge is 2.50. The number of amides is 1. The monoisotopic (exact) mass is 450 g/mol. The number of nitrogens with zero attached hydrogens (tertiary/aromatic N) is 2. The molecule has 3 heterocycles. The molecule has 2 saturated heterocycles. The van der Waals surface area contributed by atoms with Crippen molar-refractivity contribution in [1.82, 2.24) is 15.2 Å². The lowest BCUT2D eigenvalue weighted by molar-refractivity contribution is -0.197. The van der Waals surface area contributed by atoms with Gasteiger partial charge in [-0.25, -0.2) is 0 Å². The predicted octanol–water partition coefficient (Wildman–Crippen LogP) is 2.23. The van der Waals surface area contributed by atoms with E-state index >= 15 is 0 Å². The molecule has 7 heteroatoms. The molecule has 1 aromatic heterocycles. The van der Waals surface area contributed by atoms with Crippen molar-refractivity contribution in [2.75, 3.05) is 26.3 Å². The van der Waals surface area contributed by atoms with E-state index in [1.165, 1.54) is 5.56 Å². The summed E-state index contributed by atoms with van der Waals surface area (Å²) in [5, 5.41) is 14.3. The molecule has 1 saturated carbocycles. The second-order valence-corrected chi connectivity index (χ2v) is 10.6. The normalized spacial score (nSPS) is 31.9. The molecule has 5 rings (SSSR count). The number of ether oxygens (including phenoxy) is 1. The number of carbonyl (C=O) groups excluding carboxylic acids is 1. The molecule has 176 valence electrons. The molecule has 3 fully saturated rings. The minimum absolute atomic E-state index is 0.111. The molecule has 1 aliphatic carbocycles. The Kier molecular flexibility index (Phi) is 5.77. The van der Waals surface area contributed by atoms with E-state index in [0.29, 0.717) is 29.9 Å². The van der Waals surface area contributed by atoms with Crippen LogP contribution < -0.4 is 11.1 Å². The molecule has 7 nitrogen and oxygen atoms in total. The van der Waals surface area contributed by atoms with Gasteiger partial charge >= 0.3 is 0 Å². The number of hydrogen-bond donors (Lipinski definition) is 3. The number of nitrogens with one attached hydrogen (secondary N) is 1. The van der Waals surface area contributed by atoms with Gasteiger partial charge in [0, 0.05) is 54.9 Å². The SMILES string of the molecule is C[C@H](c1ccc([C@H]2C[C@@H](NC(=O)c3cccnc3)[C@H](N)C[C@@]2(C)O)cc1)N1CC2(COC2)C1. The summed E-state index contributed by atoms with van der Waals surface area (Å²) >= 11 is 0. The number of aliphatic hydroxyl groups is 1. The van der Waals surface area contributed by atoms with Crippen LogP contribution in [-0.2, 0) is 4.74 Å². The number of benzene rings is 1. The van der Waals surface area contributed by atoms with Crippen LogP contribution >= 0.6 is 0 Å². The maximum Gasteiger partial charge on any atom is 0.253 e. The van der Waals surface area contributed by atoms with E-state index in [4.69, 9.17) is 10.5 Å². The van der Waals surface area contributed by atoms with Gasteiger partial charge in [0.25, 0.3) is 5.91 Å². The lowest BCUT2D eigenvalue weighted by atomic mass is 9.69. The molecule has 4 N–H and O–H groups in total. The zero-order chi connectivity index (χ0) is 23.2. The summed E-state index contributed by atoms with van der Waals surface area (Å²) in [7, 11) is 0. The largest absolute Gasteiger partial charge is 0.389 e. The average molecular weight is 451 g/mol. The van der Waals surface area contributed by atoms with E-state index in [-0.39, 0.29) is 23.9 Å². The summed E-state index contributed by atoms with van der Waals surface area (Å²) in [6, 6.07) is 11.9. The highest BCUT2D eigenvalue weighted by atomic mass is 16.5. The zero-order valence-electron chi connectivity index (χ0n) is 19.4. The molecular formula is C26H34N4O3. The third-order valence-corrected chi connectivity index (χ3v) is 7.91. The van der Waals surface area contributed by atoms with Crippen LogP contribution in [0.2, 0.25) is 0 Å². The Balaban J connectivity index is 1.27.